The molecule has 61 heavy (non-hydrogen) atoms. The van der Waals surface area contributed by atoms with E-state index < -0.39 is 65.7 Å². The van der Waals surface area contributed by atoms with Gasteiger partial charge in [0.1, 0.15) is 30.2 Å². The minimum Gasteiger partial charge on any atom is -0.368 e. The molecule has 0 spiro atoms. The maximum atomic E-state index is 14.7. The first-order chi connectivity index (χ1) is 29.5. The highest BCUT2D eigenvalue weighted by Crippen LogP contribution is 2.27. The van der Waals surface area contributed by atoms with Crippen molar-refractivity contribution in [1.29, 1.82) is 0 Å². The first kappa shape index (κ1) is 46.0. The fourth-order valence-electron chi connectivity index (χ4n) is 7.28. The van der Waals surface area contributed by atoms with Crippen LogP contribution in [0.4, 0.5) is 0 Å². The number of unbranched alkanes of at least 4 members (excludes halogenated alkanes) is 2. The molecule has 324 valence electrons. The summed E-state index contributed by atoms with van der Waals surface area (Å²) in [5.74, 6) is -3.62. The van der Waals surface area contributed by atoms with Gasteiger partial charge in [-0.2, -0.15) is 0 Å². The molecule has 0 bridgehead atoms. The fraction of sp³-hybridized carbons (Fsp3) is 0.378. The van der Waals surface area contributed by atoms with Gasteiger partial charge in [0.2, 0.25) is 35.4 Å². The van der Waals surface area contributed by atoms with Crippen molar-refractivity contribution in [2.45, 2.75) is 94.9 Å². The Morgan fingerprint density at radius 2 is 1.08 bits per heavy atom. The number of hydrogen-bond acceptors (Lipinski definition) is 9. The van der Waals surface area contributed by atoms with Crippen LogP contribution in [0, 0.1) is 0 Å². The highest BCUT2D eigenvalue weighted by Gasteiger charge is 2.33. The zero-order valence-electron chi connectivity index (χ0n) is 34.4. The third kappa shape index (κ3) is 13.4. The van der Waals surface area contributed by atoms with E-state index in [4.69, 9.17) is 17.2 Å². The standard InChI is InChI=1S/C45H57N9O6S/c1-28(55)50-36(19-10-12-22-47)42(57)53-39(25-31-27-61-40-20-8-6-16-33(31)40)45(60)54-38(24-30-26-49-34-17-7-5-15-32(30)34)44(59)52-37(23-29-13-3-2-4-14-29)43(58)51-35(41(48)56)18-9-11-21-46/h2-8,13-17,20,26-27,35-39,49H,9-12,18-19,21-25,46-47H2,1H3,(H2,48,56)(H,50,55)(H,51,58)(H,52,59)(H,53,57)(H,54,60)/t35-,36-,37+,38-,39-/m1/s1. The van der Waals surface area contributed by atoms with Gasteiger partial charge in [0.05, 0.1) is 0 Å². The van der Waals surface area contributed by atoms with Gasteiger partial charge in [0, 0.05) is 48.0 Å². The molecule has 5 rings (SSSR count). The molecule has 5 aromatic rings. The lowest BCUT2D eigenvalue weighted by Gasteiger charge is -2.27. The van der Waals surface area contributed by atoms with Crippen molar-refractivity contribution in [3.63, 3.8) is 0 Å². The van der Waals surface area contributed by atoms with E-state index in [1.165, 1.54) is 18.3 Å². The van der Waals surface area contributed by atoms with Crippen molar-refractivity contribution >= 4 is 67.8 Å². The molecule has 6 amide bonds. The number of aromatic amines is 1. The van der Waals surface area contributed by atoms with Gasteiger partial charge in [-0.25, -0.2) is 0 Å². The van der Waals surface area contributed by atoms with Gasteiger partial charge >= 0.3 is 0 Å². The molecule has 3 aromatic carbocycles. The Labute approximate surface area is 359 Å². The van der Waals surface area contributed by atoms with Crippen molar-refractivity contribution < 1.29 is 28.8 Å². The largest absolute Gasteiger partial charge is 0.368 e. The van der Waals surface area contributed by atoms with Crippen LogP contribution in [0.3, 0.4) is 0 Å². The van der Waals surface area contributed by atoms with Crippen LogP contribution in [-0.4, -0.2) is 83.7 Å². The van der Waals surface area contributed by atoms with E-state index in [2.05, 4.69) is 31.6 Å². The van der Waals surface area contributed by atoms with Gasteiger partial charge in [-0.3, -0.25) is 28.8 Å². The van der Waals surface area contributed by atoms with Crippen molar-refractivity contribution in [1.82, 2.24) is 31.6 Å². The van der Waals surface area contributed by atoms with Crippen LogP contribution < -0.4 is 43.8 Å². The monoisotopic (exact) mass is 851 g/mol. The molecule has 0 fully saturated rings. The summed E-state index contributed by atoms with van der Waals surface area (Å²) in [6, 6.07) is 18.8. The molecular formula is C45H57N9O6S. The van der Waals surface area contributed by atoms with E-state index in [0.29, 0.717) is 45.2 Å². The smallest absolute Gasteiger partial charge is 0.243 e. The van der Waals surface area contributed by atoms with Gasteiger partial charge in [0.15, 0.2) is 0 Å². The molecule has 0 aliphatic heterocycles. The Bertz CT molecular complexity index is 2260. The summed E-state index contributed by atoms with van der Waals surface area (Å²) in [5.41, 5.74) is 20.1. The van der Waals surface area contributed by atoms with Crippen molar-refractivity contribution in [2.75, 3.05) is 13.1 Å². The highest BCUT2D eigenvalue weighted by atomic mass is 32.1. The number of aromatic nitrogens is 1. The van der Waals surface area contributed by atoms with E-state index in [0.717, 1.165) is 37.7 Å². The van der Waals surface area contributed by atoms with Crippen LogP contribution in [0.2, 0.25) is 0 Å². The molecule has 15 nitrogen and oxygen atoms in total. The number of para-hydroxylation sites is 1. The lowest BCUT2D eigenvalue weighted by Crippen LogP contribution is -2.60. The van der Waals surface area contributed by atoms with Crippen molar-refractivity contribution in [3.05, 3.63) is 107 Å². The van der Waals surface area contributed by atoms with Crippen molar-refractivity contribution in [2.24, 2.45) is 17.2 Å². The van der Waals surface area contributed by atoms with Crippen LogP contribution in [0.25, 0.3) is 21.0 Å². The maximum absolute atomic E-state index is 14.7. The molecule has 0 unspecified atom stereocenters. The molecule has 2 aromatic heterocycles. The van der Waals surface area contributed by atoms with Gasteiger partial charge in [-0.1, -0.05) is 66.7 Å². The van der Waals surface area contributed by atoms with Gasteiger partial charge in [-0.15, -0.1) is 11.3 Å². The van der Waals surface area contributed by atoms with Crippen LogP contribution in [0.1, 0.15) is 62.1 Å². The normalized spacial score (nSPS) is 13.7. The van der Waals surface area contributed by atoms with Crippen LogP contribution >= 0.6 is 11.3 Å². The maximum Gasteiger partial charge on any atom is 0.243 e. The minimum absolute atomic E-state index is 0.0138. The average molecular weight is 852 g/mol. The Morgan fingerprint density at radius 3 is 1.69 bits per heavy atom. The predicted molar refractivity (Wildman–Crippen MR) is 238 cm³/mol. The predicted octanol–water partition coefficient (Wildman–Crippen LogP) is 2.60. The molecule has 12 N–H and O–H groups in total. The van der Waals surface area contributed by atoms with E-state index in [1.54, 1.807) is 6.20 Å². The van der Waals surface area contributed by atoms with Crippen LogP contribution in [-0.2, 0) is 48.0 Å². The van der Waals surface area contributed by atoms with E-state index in [1.807, 2.05) is 84.2 Å². The van der Waals surface area contributed by atoms with Gasteiger partial charge in [0.25, 0.3) is 0 Å². The van der Waals surface area contributed by atoms with Gasteiger partial charge in [-0.05, 0) is 91.2 Å². The number of H-pyrrole nitrogens is 1. The summed E-state index contributed by atoms with van der Waals surface area (Å²) in [6.45, 7) is 2.15. The van der Waals surface area contributed by atoms with E-state index in [9.17, 15) is 28.8 Å². The van der Waals surface area contributed by atoms with Crippen molar-refractivity contribution in [3.8, 4) is 0 Å². The zero-order chi connectivity index (χ0) is 43.7. The number of benzene rings is 3. The number of fused-ring (bicyclic) bond motifs is 2. The Hall–Kier alpha value is -6.10. The van der Waals surface area contributed by atoms with Crippen LogP contribution in [0.5, 0.6) is 0 Å². The molecule has 16 heteroatoms. The number of primary amides is 1. The molecule has 5 atom stereocenters. The molecule has 0 radical (unpaired) electrons. The number of carbonyl (C=O) groups excluding carboxylic acids is 6. The van der Waals surface area contributed by atoms with E-state index in [-0.39, 0.29) is 25.7 Å². The molecule has 0 aliphatic rings. The first-order valence-corrected chi connectivity index (χ1v) is 21.6. The highest BCUT2D eigenvalue weighted by molar-refractivity contribution is 7.17. The molecule has 0 aliphatic carbocycles. The summed E-state index contributed by atoms with van der Waals surface area (Å²) in [4.78, 5) is 85.0. The average Bonchev–Trinajstić information content (AvgIpc) is 3.86. The second kappa shape index (κ2) is 23.0. The molecular weight excluding hydrogens is 795 g/mol. The van der Waals surface area contributed by atoms with E-state index >= 15 is 0 Å². The number of carbonyl (C=O) groups is 6. The number of hydrogen-bond donors (Lipinski definition) is 9. The minimum atomic E-state index is -1.25. The lowest BCUT2D eigenvalue weighted by atomic mass is 10.00. The third-order valence-electron chi connectivity index (χ3n) is 10.5. The summed E-state index contributed by atoms with van der Waals surface area (Å²) >= 11 is 1.51. The second-order valence-electron chi connectivity index (χ2n) is 15.2. The Morgan fingerprint density at radius 1 is 0.574 bits per heavy atom. The Balaban J connectivity index is 1.48. The lowest BCUT2D eigenvalue weighted by molar-refractivity contribution is -0.135. The Kier molecular flexibility index (Phi) is 17.4. The summed E-state index contributed by atoms with van der Waals surface area (Å²) < 4.78 is 0.998. The van der Waals surface area contributed by atoms with Crippen LogP contribution in [0.15, 0.2) is 90.4 Å². The quantitative estimate of drug-likeness (QED) is 0.0416. The number of amides is 6. The fourth-order valence-corrected chi connectivity index (χ4v) is 8.26. The first-order valence-electron chi connectivity index (χ1n) is 20.7. The SMILES string of the molecule is CC(=O)N[C@H](CCCCN)C(=O)N[C@H](Cc1csc2ccccc12)C(=O)N[C@H](Cc1c[nH]c2ccccc12)C(=O)N[C@@H](Cc1ccccc1)C(=O)N[C@H](CCCCN)C(N)=O. The molecule has 0 saturated carbocycles. The topological polar surface area (TPSA) is 256 Å². The number of rotatable bonds is 24. The molecule has 0 saturated heterocycles. The third-order valence-corrected chi connectivity index (χ3v) is 11.5. The molecule has 2 heterocycles. The summed E-state index contributed by atoms with van der Waals surface area (Å²) in [6.07, 6.45) is 4.89. The summed E-state index contributed by atoms with van der Waals surface area (Å²) in [5, 5.41) is 17.8. The number of nitrogens with one attached hydrogen (secondary N) is 6. The number of nitrogens with two attached hydrogens (primary N) is 3. The second-order valence-corrected chi connectivity index (χ2v) is 16.1. The summed E-state index contributed by atoms with van der Waals surface area (Å²) in [7, 11) is 0. The van der Waals surface area contributed by atoms with Gasteiger partial charge < -0.3 is 48.8 Å². The zero-order valence-corrected chi connectivity index (χ0v) is 35.2. The number of thiophene rings is 1.